The Balaban J connectivity index is 2.64. The Morgan fingerprint density at radius 2 is 1.75 bits per heavy atom. The number of nitrogens with one attached hydrogen (secondary N) is 1. The van der Waals surface area contributed by atoms with E-state index in [1.807, 2.05) is 12.1 Å². The predicted molar refractivity (Wildman–Crippen MR) is 94.5 cm³/mol. The van der Waals surface area contributed by atoms with Gasteiger partial charge in [0.2, 0.25) is 0 Å². The van der Waals surface area contributed by atoms with Crippen molar-refractivity contribution in [3.63, 3.8) is 0 Å². The smallest absolute Gasteiger partial charge is 0.0446 e. The van der Waals surface area contributed by atoms with Crippen LogP contribution in [-0.2, 0) is 6.42 Å². The van der Waals surface area contributed by atoms with E-state index in [0.29, 0.717) is 11.8 Å². The molecule has 0 aliphatic heterocycles. The highest BCUT2D eigenvalue weighted by Crippen LogP contribution is 2.24. The summed E-state index contributed by atoms with van der Waals surface area (Å²) >= 11 is 6.31. The van der Waals surface area contributed by atoms with Crippen LogP contribution in [0.15, 0.2) is 24.3 Å². The Hall–Kier alpha value is -0.313. The first-order chi connectivity index (χ1) is 9.28. The van der Waals surface area contributed by atoms with E-state index in [4.69, 9.17) is 11.6 Å². The molecule has 20 heavy (non-hydrogen) atoms. The van der Waals surface area contributed by atoms with Gasteiger partial charge in [-0.2, -0.15) is 0 Å². The fourth-order valence-electron chi connectivity index (χ4n) is 2.63. The van der Waals surface area contributed by atoms with E-state index in [-0.39, 0.29) is 0 Å². The van der Waals surface area contributed by atoms with Gasteiger partial charge < -0.3 is 5.32 Å². The SMILES string of the molecule is CC(C)CNCC(Cc1ccccc1Cl)C[Si](C)(C)C. The first kappa shape index (κ1) is 17.7. The van der Waals surface area contributed by atoms with Gasteiger partial charge in [0.1, 0.15) is 0 Å². The maximum absolute atomic E-state index is 6.31. The lowest BCUT2D eigenvalue weighted by molar-refractivity contribution is 0.470. The van der Waals surface area contributed by atoms with Gasteiger partial charge in [-0.15, -0.1) is 0 Å². The average Bonchev–Trinajstić information content (AvgIpc) is 2.29. The molecule has 1 rings (SSSR count). The molecule has 0 heterocycles. The van der Waals surface area contributed by atoms with Crippen molar-refractivity contribution in [2.45, 2.75) is 46.0 Å². The maximum Gasteiger partial charge on any atom is 0.0446 e. The second-order valence-electron chi connectivity index (χ2n) is 7.48. The van der Waals surface area contributed by atoms with Crippen LogP contribution in [-0.4, -0.2) is 21.2 Å². The molecule has 0 aliphatic rings. The molecule has 1 atom stereocenters. The van der Waals surface area contributed by atoms with Crippen molar-refractivity contribution < 1.29 is 0 Å². The number of hydrogen-bond acceptors (Lipinski definition) is 1. The molecule has 1 unspecified atom stereocenters. The van der Waals surface area contributed by atoms with Gasteiger partial charge in [-0.1, -0.05) is 69.3 Å². The molecule has 0 aromatic heterocycles. The number of hydrogen-bond donors (Lipinski definition) is 1. The standard InChI is InChI=1S/C17H30ClNSi/c1-14(2)11-19-12-15(13-20(3,4)5)10-16-8-6-7-9-17(16)18/h6-9,14-15,19H,10-13H2,1-5H3. The molecule has 3 heteroatoms. The summed E-state index contributed by atoms with van der Waals surface area (Å²) in [6.07, 6.45) is 1.09. The molecular weight excluding hydrogens is 282 g/mol. The Bertz CT molecular complexity index is 398. The molecule has 1 nitrogen and oxygen atoms in total. The van der Waals surface area contributed by atoms with Gasteiger partial charge in [-0.25, -0.2) is 0 Å². The summed E-state index contributed by atoms with van der Waals surface area (Å²) in [4.78, 5) is 0. The Kier molecular flexibility index (Phi) is 7.28. The molecule has 0 saturated carbocycles. The third-order valence-corrected chi connectivity index (χ3v) is 5.52. The van der Waals surface area contributed by atoms with Gasteiger partial charge in [0.15, 0.2) is 0 Å². The van der Waals surface area contributed by atoms with E-state index >= 15 is 0 Å². The summed E-state index contributed by atoms with van der Waals surface area (Å²) < 4.78 is 0. The average molecular weight is 312 g/mol. The summed E-state index contributed by atoms with van der Waals surface area (Å²) in [6.45, 7) is 14.1. The van der Waals surface area contributed by atoms with E-state index < -0.39 is 8.07 Å². The van der Waals surface area contributed by atoms with Crippen molar-refractivity contribution >= 4 is 19.7 Å². The second kappa shape index (κ2) is 8.21. The summed E-state index contributed by atoms with van der Waals surface area (Å²) in [6, 6.07) is 9.63. The third kappa shape index (κ3) is 7.46. The molecule has 1 aromatic carbocycles. The maximum atomic E-state index is 6.31. The largest absolute Gasteiger partial charge is 0.316 e. The highest BCUT2D eigenvalue weighted by atomic mass is 35.5. The van der Waals surface area contributed by atoms with Crippen molar-refractivity contribution in [2.75, 3.05) is 13.1 Å². The number of benzene rings is 1. The van der Waals surface area contributed by atoms with E-state index in [2.05, 4.69) is 50.9 Å². The normalized spacial score (nSPS) is 13.8. The second-order valence-corrected chi connectivity index (χ2v) is 13.4. The highest BCUT2D eigenvalue weighted by Gasteiger charge is 2.21. The zero-order valence-corrected chi connectivity index (χ0v) is 15.4. The van der Waals surface area contributed by atoms with Crippen LogP contribution >= 0.6 is 11.6 Å². The van der Waals surface area contributed by atoms with Crippen LogP contribution in [0.1, 0.15) is 19.4 Å². The quantitative estimate of drug-likeness (QED) is 0.660. The van der Waals surface area contributed by atoms with E-state index in [9.17, 15) is 0 Å². The minimum absolute atomic E-state index is 0.695. The summed E-state index contributed by atoms with van der Waals surface area (Å²) in [5.41, 5.74) is 1.30. The lowest BCUT2D eigenvalue weighted by Crippen LogP contribution is -2.33. The molecule has 0 spiro atoms. The highest BCUT2D eigenvalue weighted by molar-refractivity contribution is 6.76. The lowest BCUT2D eigenvalue weighted by Gasteiger charge is -2.26. The van der Waals surface area contributed by atoms with E-state index in [1.165, 1.54) is 11.6 Å². The molecule has 0 radical (unpaired) electrons. The molecule has 1 aromatic rings. The minimum Gasteiger partial charge on any atom is -0.316 e. The van der Waals surface area contributed by atoms with E-state index in [0.717, 1.165) is 24.5 Å². The van der Waals surface area contributed by atoms with Crippen LogP contribution in [0.25, 0.3) is 0 Å². The Morgan fingerprint density at radius 1 is 1.10 bits per heavy atom. The van der Waals surface area contributed by atoms with Gasteiger partial charge in [0.25, 0.3) is 0 Å². The van der Waals surface area contributed by atoms with Crippen molar-refractivity contribution in [1.29, 1.82) is 0 Å². The Labute approximate surface area is 131 Å². The molecule has 0 fully saturated rings. The molecule has 0 amide bonds. The monoisotopic (exact) mass is 311 g/mol. The van der Waals surface area contributed by atoms with Crippen LogP contribution in [0.3, 0.4) is 0 Å². The number of halogens is 1. The van der Waals surface area contributed by atoms with Gasteiger partial charge in [-0.3, -0.25) is 0 Å². The lowest BCUT2D eigenvalue weighted by atomic mass is 10.0. The van der Waals surface area contributed by atoms with Crippen molar-refractivity contribution in [2.24, 2.45) is 11.8 Å². The first-order valence-corrected chi connectivity index (χ1v) is 11.8. The van der Waals surface area contributed by atoms with Crippen molar-refractivity contribution in [3.8, 4) is 0 Å². The minimum atomic E-state index is -1.05. The van der Waals surface area contributed by atoms with Crippen LogP contribution < -0.4 is 5.32 Å². The van der Waals surface area contributed by atoms with Crippen LogP contribution in [0.5, 0.6) is 0 Å². The van der Waals surface area contributed by atoms with Crippen LogP contribution in [0.2, 0.25) is 30.7 Å². The molecule has 1 N–H and O–H groups in total. The molecular formula is C17H30ClNSi. The molecule has 0 bridgehead atoms. The zero-order valence-electron chi connectivity index (χ0n) is 13.7. The number of rotatable bonds is 8. The van der Waals surface area contributed by atoms with Gasteiger partial charge in [0, 0.05) is 13.1 Å². The molecule has 114 valence electrons. The first-order valence-electron chi connectivity index (χ1n) is 7.72. The topological polar surface area (TPSA) is 12.0 Å². The fourth-order valence-corrected chi connectivity index (χ4v) is 4.87. The van der Waals surface area contributed by atoms with Gasteiger partial charge in [0.05, 0.1) is 0 Å². The molecule has 0 aliphatic carbocycles. The summed E-state index contributed by atoms with van der Waals surface area (Å²) in [5.74, 6) is 1.41. The van der Waals surface area contributed by atoms with E-state index in [1.54, 1.807) is 0 Å². The predicted octanol–water partition coefficient (Wildman–Crippen LogP) is 5.08. The van der Waals surface area contributed by atoms with Crippen molar-refractivity contribution in [3.05, 3.63) is 34.9 Å². The third-order valence-electron chi connectivity index (χ3n) is 3.35. The summed E-state index contributed by atoms with van der Waals surface area (Å²) in [5, 5.41) is 4.54. The Morgan fingerprint density at radius 3 is 2.30 bits per heavy atom. The van der Waals surface area contributed by atoms with Crippen LogP contribution in [0.4, 0.5) is 0 Å². The van der Waals surface area contributed by atoms with Crippen molar-refractivity contribution in [1.82, 2.24) is 5.32 Å². The zero-order chi connectivity index (χ0) is 15.2. The van der Waals surface area contributed by atoms with Gasteiger partial charge in [-0.05, 0) is 43.0 Å². The fraction of sp³-hybridized carbons (Fsp3) is 0.647. The van der Waals surface area contributed by atoms with Crippen LogP contribution in [0, 0.1) is 11.8 Å². The van der Waals surface area contributed by atoms with Gasteiger partial charge >= 0.3 is 0 Å². The summed E-state index contributed by atoms with van der Waals surface area (Å²) in [7, 11) is -1.05. The molecule has 0 saturated heterocycles.